The number of aliphatic carboxylic acids is 1. The molecule has 16 heavy (non-hydrogen) atoms. The highest BCUT2D eigenvalue weighted by Gasteiger charge is 1.99. The number of hydrogen-bond acceptors (Lipinski definition) is 4. The first-order valence-electron chi connectivity index (χ1n) is 5.49. The highest BCUT2D eigenvalue weighted by atomic mass is 16.4. The van der Waals surface area contributed by atoms with Gasteiger partial charge in [0.25, 0.3) is 0 Å². The van der Waals surface area contributed by atoms with Gasteiger partial charge in [0.05, 0.1) is 0 Å². The summed E-state index contributed by atoms with van der Waals surface area (Å²) in [4.78, 5) is 18.5. The van der Waals surface area contributed by atoms with Crippen LogP contribution in [0.5, 0.6) is 0 Å². The lowest BCUT2D eigenvalue weighted by Crippen LogP contribution is -2.06. The summed E-state index contributed by atoms with van der Waals surface area (Å²) in [5.41, 5.74) is 1.01. The van der Waals surface area contributed by atoms with Gasteiger partial charge in [0.2, 0.25) is 0 Å². The molecule has 1 rings (SSSR count). The van der Waals surface area contributed by atoms with Crippen LogP contribution in [0.1, 0.15) is 31.9 Å². The molecule has 5 heteroatoms. The van der Waals surface area contributed by atoms with Crippen LogP contribution in [0.2, 0.25) is 0 Å². The van der Waals surface area contributed by atoms with E-state index in [1.165, 1.54) is 6.33 Å². The quantitative estimate of drug-likeness (QED) is 0.688. The van der Waals surface area contributed by atoms with E-state index in [9.17, 15) is 4.79 Å². The summed E-state index contributed by atoms with van der Waals surface area (Å²) in [6.07, 6.45) is 4.30. The predicted octanol–water partition coefficient (Wildman–Crippen LogP) is 1.71. The third-order valence-electron chi connectivity index (χ3n) is 2.10. The molecule has 0 amide bonds. The second-order valence-corrected chi connectivity index (χ2v) is 3.57. The van der Waals surface area contributed by atoms with E-state index in [1.54, 1.807) is 0 Å². The predicted molar refractivity (Wildman–Crippen MR) is 61.4 cm³/mol. The average Bonchev–Trinajstić information content (AvgIpc) is 2.25. The molecule has 0 aliphatic carbocycles. The van der Waals surface area contributed by atoms with E-state index in [1.807, 2.05) is 6.07 Å². The molecule has 0 unspecified atom stereocenters. The third-order valence-corrected chi connectivity index (χ3v) is 2.10. The van der Waals surface area contributed by atoms with E-state index in [0.29, 0.717) is 13.0 Å². The number of carboxylic acid groups (broad SMARTS) is 1. The minimum absolute atomic E-state index is 0.180. The number of rotatable bonds is 7. The maximum absolute atomic E-state index is 10.3. The Morgan fingerprint density at radius 2 is 2.31 bits per heavy atom. The molecule has 0 radical (unpaired) electrons. The van der Waals surface area contributed by atoms with Crippen molar-refractivity contribution in [1.82, 2.24) is 9.97 Å². The number of aromatic nitrogens is 2. The van der Waals surface area contributed by atoms with Gasteiger partial charge < -0.3 is 10.4 Å². The Morgan fingerprint density at radius 3 is 3.00 bits per heavy atom. The van der Waals surface area contributed by atoms with Crippen LogP contribution < -0.4 is 5.32 Å². The average molecular weight is 223 g/mol. The normalized spacial score (nSPS) is 10.1. The lowest BCUT2D eigenvalue weighted by atomic mass is 10.2. The molecule has 0 aliphatic rings. The van der Waals surface area contributed by atoms with Crippen LogP contribution >= 0.6 is 0 Å². The molecule has 88 valence electrons. The van der Waals surface area contributed by atoms with Crippen LogP contribution in [0, 0.1) is 0 Å². The molecular formula is C11H17N3O2. The topological polar surface area (TPSA) is 75.1 Å². The minimum Gasteiger partial charge on any atom is -0.481 e. The summed E-state index contributed by atoms with van der Waals surface area (Å²) in [6.45, 7) is 2.72. The fourth-order valence-corrected chi connectivity index (χ4v) is 1.34. The monoisotopic (exact) mass is 223 g/mol. The summed E-state index contributed by atoms with van der Waals surface area (Å²) in [7, 11) is 0. The number of nitrogens with one attached hydrogen (secondary N) is 1. The molecule has 0 aromatic carbocycles. The number of carboxylic acids is 1. The largest absolute Gasteiger partial charge is 0.481 e. The maximum Gasteiger partial charge on any atom is 0.303 e. The van der Waals surface area contributed by atoms with Gasteiger partial charge in [-0.05, 0) is 12.8 Å². The van der Waals surface area contributed by atoms with Crippen LogP contribution in [0.15, 0.2) is 12.4 Å². The van der Waals surface area contributed by atoms with Crippen LogP contribution in [0.4, 0.5) is 5.82 Å². The lowest BCUT2D eigenvalue weighted by molar-refractivity contribution is -0.137. The van der Waals surface area contributed by atoms with E-state index in [-0.39, 0.29) is 6.42 Å². The van der Waals surface area contributed by atoms with E-state index in [4.69, 9.17) is 5.11 Å². The molecule has 0 saturated heterocycles. The van der Waals surface area contributed by atoms with Gasteiger partial charge in [0.1, 0.15) is 12.1 Å². The van der Waals surface area contributed by atoms with Crippen molar-refractivity contribution in [1.29, 1.82) is 0 Å². The van der Waals surface area contributed by atoms with Gasteiger partial charge in [-0.25, -0.2) is 9.97 Å². The molecule has 0 bridgehead atoms. The van der Waals surface area contributed by atoms with Crippen molar-refractivity contribution in [3.05, 3.63) is 18.1 Å². The molecule has 1 aromatic heterocycles. The van der Waals surface area contributed by atoms with Crippen molar-refractivity contribution < 1.29 is 9.90 Å². The van der Waals surface area contributed by atoms with Crippen molar-refractivity contribution in [3.63, 3.8) is 0 Å². The number of carbonyl (C=O) groups is 1. The van der Waals surface area contributed by atoms with E-state index in [2.05, 4.69) is 22.2 Å². The van der Waals surface area contributed by atoms with Crippen LogP contribution in [0.25, 0.3) is 0 Å². The standard InChI is InChI=1S/C11H17N3O2/c1-2-4-9-7-10(14-8-13-9)12-6-3-5-11(15)16/h7-8H,2-6H2,1H3,(H,15,16)(H,12,13,14). The first kappa shape index (κ1) is 12.4. The molecule has 5 nitrogen and oxygen atoms in total. The number of aryl methyl sites for hydroxylation is 1. The maximum atomic E-state index is 10.3. The SMILES string of the molecule is CCCc1cc(NCCCC(=O)O)ncn1. The Labute approximate surface area is 94.9 Å². The fourth-order valence-electron chi connectivity index (χ4n) is 1.34. The molecule has 0 fully saturated rings. The van der Waals surface area contributed by atoms with Crippen molar-refractivity contribution in [2.45, 2.75) is 32.6 Å². The Hall–Kier alpha value is -1.65. The van der Waals surface area contributed by atoms with Gasteiger partial charge in [0.15, 0.2) is 0 Å². The molecule has 0 atom stereocenters. The Morgan fingerprint density at radius 1 is 1.50 bits per heavy atom. The smallest absolute Gasteiger partial charge is 0.303 e. The summed E-state index contributed by atoms with van der Waals surface area (Å²) in [5, 5.41) is 11.6. The second kappa shape index (κ2) is 6.76. The Kier molecular flexibility index (Phi) is 5.25. The molecule has 0 saturated carbocycles. The third kappa shape index (κ3) is 4.72. The van der Waals surface area contributed by atoms with E-state index < -0.39 is 5.97 Å². The zero-order chi connectivity index (χ0) is 11.8. The highest BCUT2D eigenvalue weighted by Crippen LogP contribution is 2.06. The summed E-state index contributed by atoms with van der Waals surface area (Å²) in [5.74, 6) is -0.00000156. The highest BCUT2D eigenvalue weighted by molar-refractivity contribution is 5.66. The summed E-state index contributed by atoms with van der Waals surface area (Å²) < 4.78 is 0. The lowest BCUT2D eigenvalue weighted by Gasteiger charge is -2.05. The van der Waals surface area contributed by atoms with E-state index in [0.717, 1.165) is 24.4 Å². The molecular weight excluding hydrogens is 206 g/mol. The number of anilines is 1. The first-order chi connectivity index (χ1) is 7.72. The van der Waals surface area contributed by atoms with Crippen molar-refractivity contribution in [3.8, 4) is 0 Å². The minimum atomic E-state index is -0.767. The first-order valence-corrected chi connectivity index (χ1v) is 5.49. The van der Waals surface area contributed by atoms with Crippen molar-refractivity contribution in [2.24, 2.45) is 0 Å². The number of hydrogen-bond donors (Lipinski definition) is 2. The molecule has 1 aromatic rings. The van der Waals surface area contributed by atoms with E-state index >= 15 is 0 Å². The zero-order valence-corrected chi connectivity index (χ0v) is 9.44. The van der Waals surface area contributed by atoms with Crippen LogP contribution in [0.3, 0.4) is 0 Å². The van der Waals surface area contributed by atoms with Crippen LogP contribution in [-0.2, 0) is 11.2 Å². The molecule has 0 aliphatic heterocycles. The zero-order valence-electron chi connectivity index (χ0n) is 9.44. The summed E-state index contributed by atoms with van der Waals surface area (Å²) >= 11 is 0. The van der Waals surface area contributed by atoms with Crippen LogP contribution in [-0.4, -0.2) is 27.6 Å². The molecule has 2 N–H and O–H groups in total. The number of nitrogens with zero attached hydrogens (tertiary/aromatic N) is 2. The Balaban J connectivity index is 2.35. The van der Waals surface area contributed by atoms with Gasteiger partial charge >= 0.3 is 5.97 Å². The summed E-state index contributed by atoms with van der Waals surface area (Å²) in [6, 6.07) is 1.91. The van der Waals surface area contributed by atoms with Gasteiger partial charge in [0, 0.05) is 24.7 Å². The van der Waals surface area contributed by atoms with Crippen molar-refractivity contribution in [2.75, 3.05) is 11.9 Å². The van der Waals surface area contributed by atoms with Gasteiger partial charge in [-0.3, -0.25) is 4.79 Å². The second-order valence-electron chi connectivity index (χ2n) is 3.57. The molecule has 0 spiro atoms. The van der Waals surface area contributed by atoms with Gasteiger partial charge in [-0.1, -0.05) is 13.3 Å². The molecule has 1 heterocycles. The van der Waals surface area contributed by atoms with Gasteiger partial charge in [-0.15, -0.1) is 0 Å². The van der Waals surface area contributed by atoms with Crippen molar-refractivity contribution >= 4 is 11.8 Å². The Bertz CT molecular complexity index is 342. The van der Waals surface area contributed by atoms with Gasteiger partial charge in [-0.2, -0.15) is 0 Å². The fraction of sp³-hybridized carbons (Fsp3) is 0.545.